The van der Waals surface area contributed by atoms with E-state index in [1.165, 1.54) is 6.20 Å². The number of ether oxygens (including phenoxy) is 1. The average Bonchev–Trinajstić information content (AvgIpc) is 3.54. The Balaban J connectivity index is 1.23. The maximum Gasteiger partial charge on any atom is 0.437 e. The summed E-state index contributed by atoms with van der Waals surface area (Å²) in [6, 6.07) is -0.200. The molecule has 39 heavy (non-hydrogen) atoms. The molecule has 0 aliphatic carbocycles. The van der Waals surface area contributed by atoms with Gasteiger partial charge in [0.05, 0.1) is 25.0 Å². The van der Waals surface area contributed by atoms with Crippen LogP contribution < -0.4 is 15.5 Å². The first kappa shape index (κ1) is 26.7. The van der Waals surface area contributed by atoms with Gasteiger partial charge in [0, 0.05) is 32.4 Å². The van der Waals surface area contributed by atoms with Gasteiger partial charge in [-0.25, -0.2) is 4.79 Å². The highest BCUT2D eigenvalue weighted by Crippen LogP contribution is 2.35. The molecule has 1 amide bonds. The van der Waals surface area contributed by atoms with Crippen molar-refractivity contribution in [2.24, 2.45) is 5.92 Å². The Kier molecular flexibility index (Phi) is 7.34. The number of nitrogens with one attached hydrogen (secondary N) is 2. The van der Waals surface area contributed by atoms with E-state index >= 15 is 0 Å². The summed E-state index contributed by atoms with van der Waals surface area (Å²) in [5, 5.41) is 13.6. The van der Waals surface area contributed by atoms with E-state index in [0.717, 1.165) is 12.8 Å². The molecule has 2 aromatic heterocycles. The number of nitrogens with zero attached hydrogens (tertiary/aromatic N) is 6. The summed E-state index contributed by atoms with van der Waals surface area (Å²) in [4.78, 5) is 32.2. The number of dihydropyridines is 1. The molecule has 0 spiro atoms. The summed E-state index contributed by atoms with van der Waals surface area (Å²) in [6.45, 7) is 6.42. The van der Waals surface area contributed by atoms with Crippen LogP contribution in [0.25, 0.3) is 0 Å². The number of allylic oxidation sites excluding steroid dienone is 1. The third kappa shape index (κ3) is 5.62. The number of carbonyl (C=O) groups is 2. The van der Waals surface area contributed by atoms with Gasteiger partial charge >= 0.3 is 12.1 Å². The van der Waals surface area contributed by atoms with Crippen LogP contribution in [-0.2, 0) is 24.0 Å². The molecule has 15 heteroatoms. The van der Waals surface area contributed by atoms with E-state index in [1.54, 1.807) is 28.5 Å². The number of halogens is 3. The Labute approximate surface area is 221 Å². The molecular weight excluding hydrogens is 521 g/mol. The molecule has 3 aliphatic rings. The van der Waals surface area contributed by atoms with E-state index in [9.17, 15) is 22.8 Å². The quantitative estimate of drug-likeness (QED) is 0.517. The lowest BCUT2D eigenvalue weighted by Gasteiger charge is -2.34. The van der Waals surface area contributed by atoms with Crippen LogP contribution in [-0.4, -0.2) is 68.9 Å². The number of carbonyl (C=O) groups excluding carboxylic acids is 2. The molecule has 5 heterocycles. The van der Waals surface area contributed by atoms with Crippen molar-refractivity contribution in [1.29, 1.82) is 0 Å². The van der Waals surface area contributed by atoms with E-state index in [-0.39, 0.29) is 36.2 Å². The summed E-state index contributed by atoms with van der Waals surface area (Å²) in [6.07, 6.45) is 1.52. The number of rotatable bonds is 6. The summed E-state index contributed by atoms with van der Waals surface area (Å²) < 4.78 is 53.2. The molecule has 2 unspecified atom stereocenters. The Morgan fingerprint density at radius 2 is 2.08 bits per heavy atom. The maximum atomic E-state index is 13.7. The first-order chi connectivity index (χ1) is 18.6. The first-order valence-electron chi connectivity index (χ1n) is 12.8. The van der Waals surface area contributed by atoms with Gasteiger partial charge in [-0.3, -0.25) is 9.69 Å². The fourth-order valence-corrected chi connectivity index (χ4v) is 4.88. The molecule has 0 bridgehead atoms. The van der Waals surface area contributed by atoms with Crippen molar-refractivity contribution in [3.63, 3.8) is 0 Å². The van der Waals surface area contributed by atoms with Gasteiger partial charge < -0.3 is 29.3 Å². The highest BCUT2D eigenvalue weighted by molar-refractivity contribution is 5.94. The topological polar surface area (TPSA) is 131 Å². The minimum absolute atomic E-state index is 0.159. The Morgan fingerprint density at radius 3 is 2.77 bits per heavy atom. The highest BCUT2D eigenvalue weighted by atomic mass is 19.4. The van der Waals surface area contributed by atoms with Crippen LogP contribution in [0.4, 0.5) is 19.2 Å². The predicted molar refractivity (Wildman–Crippen MR) is 130 cm³/mol. The van der Waals surface area contributed by atoms with E-state index in [4.69, 9.17) is 9.15 Å². The second-order valence-electron chi connectivity index (χ2n) is 9.67. The van der Waals surface area contributed by atoms with E-state index in [1.807, 2.05) is 11.8 Å². The summed E-state index contributed by atoms with van der Waals surface area (Å²) in [7, 11) is 0. The van der Waals surface area contributed by atoms with Gasteiger partial charge in [0.1, 0.15) is 5.82 Å². The van der Waals surface area contributed by atoms with Gasteiger partial charge in [0.15, 0.2) is 5.69 Å². The number of hydrogen-bond acceptors (Lipinski definition) is 10. The minimum Gasteiger partial charge on any atom is -0.460 e. The fraction of sp³-hybridized carbons (Fsp3) is 0.542. The molecule has 0 aromatic carbocycles. The van der Waals surface area contributed by atoms with Crippen molar-refractivity contribution < 1.29 is 31.9 Å². The molecule has 1 fully saturated rings. The smallest absolute Gasteiger partial charge is 0.437 e. The Bertz CT molecular complexity index is 1300. The number of fused-ring (bicyclic) bond motifs is 1. The van der Waals surface area contributed by atoms with Gasteiger partial charge in [0.25, 0.3) is 11.9 Å². The van der Waals surface area contributed by atoms with Gasteiger partial charge in [0.2, 0.25) is 11.6 Å². The van der Waals surface area contributed by atoms with Crippen molar-refractivity contribution in [3.8, 4) is 0 Å². The number of hydrogen-bond donors (Lipinski definition) is 2. The van der Waals surface area contributed by atoms with Crippen molar-refractivity contribution in [1.82, 2.24) is 35.3 Å². The standard InChI is InChI=1S/C24H29F3N8O4/c1-3-38-22(37)20-32-31-17-13-33(9-10-35(17)20)16-7-6-15(11-28-16)29-21(36)18-19(24(25,26)27)30-23(39-18)34-8-4-5-14(2)12-34/h6-7,11,14,16,28H,3-5,8-10,12-13H2,1-2H3,(H,29,36). The predicted octanol–water partition coefficient (Wildman–Crippen LogP) is 2.27. The molecule has 5 rings (SSSR count). The van der Waals surface area contributed by atoms with Gasteiger partial charge in [-0.1, -0.05) is 6.92 Å². The molecule has 2 aromatic rings. The largest absolute Gasteiger partial charge is 0.460 e. The average molecular weight is 551 g/mol. The SMILES string of the molecule is CCOC(=O)c1nnc2n1CCN(C1C=CC(NC(=O)c3oc(N4CCCC(C)C4)nc3C(F)(F)F)=CN1)C2. The number of esters is 1. The van der Waals surface area contributed by atoms with Crippen LogP contribution in [0, 0.1) is 5.92 Å². The van der Waals surface area contributed by atoms with Gasteiger partial charge in [-0.2, -0.15) is 18.2 Å². The van der Waals surface area contributed by atoms with Crippen LogP contribution >= 0.6 is 0 Å². The van der Waals surface area contributed by atoms with Crippen molar-refractivity contribution in [2.45, 2.75) is 52.1 Å². The molecule has 1 saturated heterocycles. The molecule has 210 valence electrons. The lowest BCUT2D eigenvalue weighted by Crippen LogP contribution is -2.47. The molecule has 0 radical (unpaired) electrons. The zero-order valence-corrected chi connectivity index (χ0v) is 21.5. The fourth-order valence-electron chi connectivity index (χ4n) is 4.88. The third-order valence-corrected chi connectivity index (χ3v) is 6.78. The third-order valence-electron chi connectivity index (χ3n) is 6.78. The zero-order chi connectivity index (χ0) is 27.7. The molecule has 2 atom stereocenters. The second kappa shape index (κ2) is 10.7. The lowest BCUT2D eigenvalue weighted by molar-refractivity contribution is -0.141. The number of aromatic nitrogens is 4. The number of piperidine rings is 1. The number of anilines is 1. The molecular formula is C24H29F3N8O4. The zero-order valence-electron chi connectivity index (χ0n) is 21.5. The monoisotopic (exact) mass is 550 g/mol. The maximum absolute atomic E-state index is 13.7. The number of amides is 1. The van der Waals surface area contributed by atoms with Crippen molar-refractivity contribution in [2.75, 3.05) is 31.1 Å². The minimum atomic E-state index is -4.85. The van der Waals surface area contributed by atoms with Gasteiger partial charge in [-0.05, 0) is 37.8 Å². The lowest BCUT2D eigenvalue weighted by atomic mass is 10.0. The van der Waals surface area contributed by atoms with Crippen molar-refractivity contribution >= 4 is 17.9 Å². The molecule has 3 aliphatic heterocycles. The summed E-state index contributed by atoms with van der Waals surface area (Å²) >= 11 is 0. The van der Waals surface area contributed by atoms with E-state index in [0.29, 0.717) is 38.5 Å². The highest BCUT2D eigenvalue weighted by Gasteiger charge is 2.42. The first-order valence-corrected chi connectivity index (χ1v) is 12.8. The number of oxazole rings is 1. The van der Waals surface area contributed by atoms with Crippen LogP contribution in [0.1, 0.15) is 59.4 Å². The molecule has 0 saturated carbocycles. The second-order valence-corrected chi connectivity index (χ2v) is 9.67. The summed E-state index contributed by atoms with van der Waals surface area (Å²) in [5.74, 6) is -1.40. The van der Waals surface area contributed by atoms with Crippen molar-refractivity contribution in [3.05, 3.63) is 47.2 Å². The molecule has 12 nitrogen and oxygen atoms in total. The van der Waals surface area contributed by atoms with E-state index in [2.05, 4.69) is 25.8 Å². The summed E-state index contributed by atoms with van der Waals surface area (Å²) in [5.41, 5.74) is -1.09. The molecule has 2 N–H and O–H groups in total. The normalized spacial score (nSPS) is 21.7. The Hall–Kier alpha value is -3.88. The number of alkyl halides is 3. The van der Waals surface area contributed by atoms with Gasteiger partial charge in [-0.15, -0.1) is 10.2 Å². The van der Waals surface area contributed by atoms with Crippen LogP contribution in [0.15, 0.2) is 28.5 Å². The van der Waals surface area contributed by atoms with E-state index < -0.39 is 29.5 Å². The van der Waals surface area contributed by atoms with Crippen LogP contribution in [0.2, 0.25) is 0 Å². The Morgan fingerprint density at radius 1 is 1.26 bits per heavy atom. The van der Waals surface area contributed by atoms with Crippen LogP contribution in [0.3, 0.4) is 0 Å². The van der Waals surface area contributed by atoms with Crippen LogP contribution in [0.5, 0.6) is 0 Å².